The molecule has 6 heteroatoms. The van der Waals surface area contributed by atoms with Gasteiger partial charge >= 0.3 is 0 Å². The van der Waals surface area contributed by atoms with Crippen molar-refractivity contribution in [2.24, 2.45) is 0 Å². The van der Waals surface area contributed by atoms with E-state index in [4.69, 9.17) is 11.6 Å². The first-order valence-corrected chi connectivity index (χ1v) is 8.01. The van der Waals surface area contributed by atoms with Gasteiger partial charge in [-0.05, 0) is 53.3 Å². The molecule has 0 unspecified atom stereocenters. The van der Waals surface area contributed by atoms with E-state index in [9.17, 15) is 4.79 Å². The van der Waals surface area contributed by atoms with E-state index in [2.05, 4.69) is 45.1 Å². The fourth-order valence-electron chi connectivity index (χ4n) is 1.77. The Bertz CT molecular complexity index is 649. The molecule has 21 heavy (non-hydrogen) atoms. The second-order valence-electron chi connectivity index (χ2n) is 4.43. The largest absolute Gasteiger partial charge is 0.383 e. The van der Waals surface area contributed by atoms with Crippen molar-refractivity contribution in [3.8, 4) is 0 Å². The van der Waals surface area contributed by atoms with E-state index in [1.54, 1.807) is 30.6 Å². The molecule has 2 N–H and O–H groups in total. The van der Waals surface area contributed by atoms with Crippen LogP contribution in [0.1, 0.15) is 23.7 Å². The van der Waals surface area contributed by atoms with Crippen molar-refractivity contribution in [3.63, 3.8) is 0 Å². The number of nitrogens with one attached hydrogen (secondary N) is 2. The van der Waals surface area contributed by atoms with Crippen LogP contribution in [0.4, 0.5) is 11.4 Å². The lowest BCUT2D eigenvalue weighted by molar-refractivity contribution is 0.102. The van der Waals surface area contributed by atoms with E-state index >= 15 is 0 Å². The van der Waals surface area contributed by atoms with Crippen molar-refractivity contribution in [3.05, 3.63) is 50.8 Å². The van der Waals surface area contributed by atoms with E-state index in [0.29, 0.717) is 16.3 Å². The number of amides is 1. The minimum absolute atomic E-state index is 0.209. The number of rotatable bonds is 5. The molecule has 2 rings (SSSR count). The summed E-state index contributed by atoms with van der Waals surface area (Å²) in [5.74, 6) is -0.209. The second-order valence-corrected chi connectivity index (χ2v) is 6.08. The SMILES string of the molecule is CCCNc1cnccc1C(=O)Nc1ccc(I)cc1Cl. The lowest BCUT2D eigenvalue weighted by atomic mass is 10.2. The number of halogens is 2. The minimum atomic E-state index is -0.209. The highest BCUT2D eigenvalue weighted by Gasteiger charge is 2.13. The number of nitrogens with zero attached hydrogens (tertiary/aromatic N) is 1. The molecule has 1 aromatic heterocycles. The first-order chi connectivity index (χ1) is 10.1. The molecule has 2 aromatic rings. The molecule has 1 heterocycles. The summed E-state index contributed by atoms with van der Waals surface area (Å²) < 4.78 is 1.02. The Labute approximate surface area is 142 Å². The smallest absolute Gasteiger partial charge is 0.257 e. The summed E-state index contributed by atoms with van der Waals surface area (Å²) >= 11 is 8.31. The molecule has 110 valence electrons. The molecular formula is C15H15ClIN3O. The summed E-state index contributed by atoms with van der Waals surface area (Å²) in [5.41, 5.74) is 1.87. The van der Waals surface area contributed by atoms with E-state index in [1.807, 2.05) is 6.07 Å². The summed E-state index contributed by atoms with van der Waals surface area (Å²) in [6.45, 7) is 2.85. The van der Waals surface area contributed by atoms with Crippen molar-refractivity contribution in [2.75, 3.05) is 17.2 Å². The number of carbonyl (C=O) groups is 1. The van der Waals surface area contributed by atoms with Gasteiger partial charge < -0.3 is 10.6 Å². The molecule has 0 saturated heterocycles. The summed E-state index contributed by atoms with van der Waals surface area (Å²) in [4.78, 5) is 16.4. The second kappa shape index (κ2) is 7.61. The van der Waals surface area contributed by atoms with Gasteiger partial charge in [-0.25, -0.2) is 0 Å². The quantitative estimate of drug-likeness (QED) is 0.711. The molecule has 0 atom stereocenters. The Morgan fingerprint density at radius 3 is 2.86 bits per heavy atom. The maximum absolute atomic E-state index is 12.4. The standard InChI is InChI=1S/C15H15ClIN3O/c1-2-6-19-14-9-18-7-5-11(14)15(21)20-13-4-3-10(17)8-12(13)16/h3-5,7-9,19H,2,6H2,1H3,(H,20,21). The fraction of sp³-hybridized carbons (Fsp3) is 0.200. The molecule has 0 saturated carbocycles. The predicted octanol–water partition coefficient (Wildman–Crippen LogP) is 4.41. The van der Waals surface area contributed by atoms with Crippen LogP contribution in [-0.2, 0) is 0 Å². The van der Waals surface area contributed by atoms with Crippen LogP contribution in [0.2, 0.25) is 5.02 Å². The monoisotopic (exact) mass is 415 g/mol. The van der Waals surface area contributed by atoms with Gasteiger partial charge in [0.05, 0.1) is 28.2 Å². The molecule has 1 amide bonds. The molecule has 4 nitrogen and oxygen atoms in total. The van der Waals surface area contributed by atoms with Crippen LogP contribution in [0.15, 0.2) is 36.7 Å². The van der Waals surface area contributed by atoms with E-state index in [1.165, 1.54) is 0 Å². The highest BCUT2D eigenvalue weighted by molar-refractivity contribution is 14.1. The van der Waals surface area contributed by atoms with Gasteiger partial charge in [-0.2, -0.15) is 0 Å². The number of hydrogen-bond acceptors (Lipinski definition) is 3. The number of hydrogen-bond donors (Lipinski definition) is 2. The molecule has 0 bridgehead atoms. The van der Waals surface area contributed by atoms with Crippen LogP contribution in [-0.4, -0.2) is 17.4 Å². The minimum Gasteiger partial charge on any atom is -0.383 e. The highest BCUT2D eigenvalue weighted by atomic mass is 127. The Morgan fingerprint density at radius 1 is 1.33 bits per heavy atom. The lowest BCUT2D eigenvalue weighted by Crippen LogP contribution is -2.15. The topological polar surface area (TPSA) is 54.0 Å². The zero-order chi connectivity index (χ0) is 15.2. The molecule has 0 fully saturated rings. The van der Waals surface area contributed by atoms with Crippen LogP contribution in [0.25, 0.3) is 0 Å². The van der Waals surface area contributed by atoms with Crippen molar-refractivity contribution in [2.45, 2.75) is 13.3 Å². The maximum Gasteiger partial charge on any atom is 0.257 e. The number of aromatic nitrogens is 1. The molecule has 1 aromatic carbocycles. The fourth-order valence-corrected chi connectivity index (χ4v) is 2.68. The summed E-state index contributed by atoms with van der Waals surface area (Å²) in [5, 5.41) is 6.55. The molecular weight excluding hydrogens is 401 g/mol. The van der Waals surface area contributed by atoms with Crippen LogP contribution >= 0.6 is 34.2 Å². The molecule has 0 aliphatic rings. The van der Waals surface area contributed by atoms with Crippen LogP contribution in [0, 0.1) is 3.57 Å². The van der Waals surface area contributed by atoms with Crippen LogP contribution in [0.5, 0.6) is 0 Å². The van der Waals surface area contributed by atoms with Crippen molar-refractivity contribution < 1.29 is 4.79 Å². The normalized spacial score (nSPS) is 10.2. The number of pyridine rings is 1. The van der Waals surface area contributed by atoms with Gasteiger partial charge in [-0.1, -0.05) is 18.5 Å². The Kier molecular flexibility index (Phi) is 5.81. The van der Waals surface area contributed by atoms with Gasteiger partial charge in [0.15, 0.2) is 0 Å². The van der Waals surface area contributed by atoms with Gasteiger partial charge in [0, 0.05) is 16.3 Å². The Hall–Kier alpha value is -1.34. The maximum atomic E-state index is 12.4. The predicted molar refractivity (Wildman–Crippen MR) is 95.1 cm³/mol. The average Bonchev–Trinajstić information content (AvgIpc) is 2.48. The van der Waals surface area contributed by atoms with Gasteiger partial charge in [0.1, 0.15) is 0 Å². The van der Waals surface area contributed by atoms with Crippen molar-refractivity contribution in [1.82, 2.24) is 4.98 Å². The first kappa shape index (κ1) is 16.0. The highest BCUT2D eigenvalue weighted by Crippen LogP contribution is 2.25. The molecule has 0 radical (unpaired) electrons. The molecule has 0 aliphatic carbocycles. The lowest BCUT2D eigenvalue weighted by Gasteiger charge is -2.12. The van der Waals surface area contributed by atoms with Gasteiger partial charge in [-0.3, -0.25) is 9.78 Å². The summed E-state index contributed by atoms with van der Waals surface area (Å²) in [7, 11) is 0. The summed E-state index contributed by atoms with van der Waals surface area (Å²) in [6.07, 6.45) is 4.22. The van der Waals surface area contributed by atoms with Gasteiger partial charge in [0.2, 0.25) is 0 Å². The zero-order valence-corrected chi connectivity index (χ0v) is 14.4. The third kappa shape index (κ3) is 4.31. The number of benzene rings is 1. The van der Waals surface area contributed by atoms with E-state index < -0.39 is 0 Å². The van der Waals surface area contributed by atoms with Crippen LogP contribution < -0.4 is 10.6 Å². The molecule has 0 aliphatic heterocycles. The van der Waals surface area contributed by atoms with Crippen molar-refractivity contribution in [1.29, 1.82) is 0 Å². The van der Waals surface area contributed by atoms with E-state index in [-0.39, 0.29) is 5.91 Å². The average molecular weight is 416 g/mol. The van der Waals surface area contributed by atoms with Crippen LogP contribution in [0.3, 0.4) is 0 Å². The third-order valence-electron chi connectivity index (χ3n) is 2.81. The molecule has 0 spiro atoms. The van der Waals surface area contributed by atoms with Gasteiger partial charge in [-0.15, -0.1) is 0 Å². The first-order valence-electron chi connectivity index (χ1n) is 6.56. The third-order valence-corrected chi connectivity index (χ3v) is 3.79. The summed E-state index contributed by atoms with van der Waals surface area (Å²) in [6, 6.07) is 7.18. The van der Waals surface area contributed by atoms with Gasteiger partial charge in [0.25, 0.3) is 5.91 Å². The number of carbonyl (C=O) groups excluding carboxylic acids is 1. The Balaban J connectivity index is 2.20. The zero-order valence-electron chi connectivity index (χ0n) is 11.5. The Morgan fingerprint density at radius 2 is 2.14 bits per heavy atom. The van der Waals surface area contributed by atoms with E-state index in [0.717, 1.165) is 22.2 Å². The van der Waals surface area contributed by atoms with Crippen molar-refractivity contribution >= 4 is 51.5 Å². The number of anilines is 2.